The Hall–Kier alpha value is -1.57. The maximum Gasteiger partial charge on any atom is 0.390 e. The number of rotatable bonds is 4. The molecule has 5 nitrogen and oxygen atoms in total. The maximum absolute atomic E-state index is 11.9. The van der Waals surface area contributed by atoms with Gasteiger partial charge in [-0.25, -0.2) is 4.79 Å². The Balaban J connectivity index is 2.70. The molecule has 1 N–H and O–H groups in total. The average Bonchev–Trinajstić information content (AvgIpc) is 2.26. The van der Waals surface area contributed by atoms with Crippen molar-refractivity contribution in [2.24, 2.45) is 14.1 Å². The molecule has 1 aromatic rings. The summed E-state index contributed by atoms with van der Waals surface area (Å²) < 4.78 is 37.8. The number of halogens is 3. The van der Waals surface area contributed by atoms with E-state index in [2.05, 4.69) is 5.32 Å². The number of nitrogens with zero attached hydrogens (tertiary/aromatic N) is 2. The van der Waals surface area contributed by atoms with Crippen LogP contribution in [0.4, 0.5) is 13.2 Å². The lowest BCUT2D eigenvalue weighted by atomic mass is 10.3. The van der Waals surface area contributed by atoms with Gasteiger partial charge < -0.3 is 5.32 Å². The molecule has 0 saturated heterocycles. The molecule has 0 saturated carbocycles. The van der Waals surface area contributed by atoms with Crippen LogP contribution in [0, 0.1) is 0 Å². The van der Waals surface area contributed by atoms with Crippen LogP contribution >= 0.6 is 0 Å². The molecule has 0 bridgehead atoms. The first-order chi connectivity index (χ1) is 8.22. The summed E-state index contributed by atoms with van der Waals surface area (Å²) in [6.45, 7) is -0.217. The first-order valence-corrected chi connectivity index (χ1v) is 5.26. The van der Waals surface area contributed by atoms with Crippen LogP contribution in [-0.4, -0.2) is 21.9 Å². The van der Waals surface area contributed by atoms with Gasteiger partial charge in [0, 0.05) is 38.9 Å². The van der Waals surface area contributed by atoms with Crippen molar-refractivity contribution in [1.82, 2.24) is 14.5 Å². The molecule has 8 heteroatoms. The fourth-order valence-corrected chi connectivity index (χ4v) is 1.39. The van der Waals surface area contributed by atoms with Crippen LogP contribution in [0.25, 0.3) is 0 Å². The lowest BCUT2D eigenvalue weighted by Crippen LogP contribution is -2.39. The van der Waals surface area contributed by atoms with E-state index in [1.807, 2.05) is 0 Å². The zero-order valence-corrected chi connectivity index (χ0v) is 10.0. The van der Waals surface area contributed by atoms with E-state index in [0.717, 1.165) is 4.57 Å². The molecule has 0 spiro atoms. The van der Waals surface area contributed by atoms with E-state index in [9.17, 15) is 22.8 Å². The van der Waals surface area contributed by atoms with Crippen LogP contribution in [0.5, 0.6) is 0 Å². The van der Waals surface area contributed by atoms with Gasteiger partial charge in [-0.1, -0.05) is 0 Å². The van der Waals surface area contributed by atoms with Gasteiger partial charge in [0.05, 0.1) is 6.42 Å². The van der Waals surface area contributed by atoms with Crippen LogP contribution < -0.4 is 16.6 Å². The van der Waals surface area contributed by atoms with Crippen LogP contribution in [-0.2, 0) is 20.6 Å². The average molecular weight is 265 g/mol. The van der Waals surface area contributed by atoms with Crippen molar-refractivity contribution < 1.29 is 13.2 Å². The van der Waals surface area contributed by atoms with Gasteiger partial charge in [0.25, 0.3) is 5.56 Å². The summed E-state index contributed by atoms with van der Waals surface area (Å²) in [5.41, 5.74) is -0.633. The minimum Gasteiger partial charge on any atom is -0.311 e. The van der Waals surface area contributed by atoms with Crippen molar-refractivity contribution in [2.75, 3.05) is 6.54 Å². The van der Waals surface area contributed by atoms with Gasteiger partial charge in [0.2, 0.25) is 0 Å². The molecule has 0 fully saturated rings. The van der Waals surface area contributed by atoms with E-state index in [1.165, 1.54) is 24.7 Å². The van der Waals surface area contributed by atoms with E-state index in [4.69, 9.17) is 0 Å². The summed E-state index contributed by atoms with van der Waals surface area (Å²) in [5, 5.41) is 2.55. The molecule has 1 heterocycles. The number of alkyl halides is 3. The first kappa shape index (κ1) is 14.5. The molecule has 1 aromatic heterocycles. The molecule has 0 aromatic carbocycles. The highest BCUT2D eigenvalue weighted by Gasteiger charge is 2.25. The number of aromatic nitrogens is 2. The van der Waals surface area contributed by atoms with Gasteiger partial charge in [-0.3, -0.25) is 13.9 Å². The van der Waals surface area contributed by atoms with Gasteiger partial charge in [0.15, 0.2) is 0 Å². The third-order valence-corrected chi connectivity index (χ3v) is 2.52. The molecule has 0 unspecified atom stereocenters. The molecule has 18 heavy (non-hydrogen) atoms. The highest BCUT2D eigenvalue weighted by atomic mass is 19.4. The van der Waals surface area contributed by atoms with Crippen LogP contribution in [0.1, 0.15) is 12.1 Å². The van der Waals surface area contributed by atoms with Crippen molar-refractivity contribution in [3.8, 4) is 0 Å². The maximum atomic E-state index is 11.9. The molecule has 0 radical (unpaired) electrons. The fraction of sp³-hybridized carbons (Fsp3) is 0.600. The van der Waals surface area contributed by atoms with E-state index < -0.39 is 23.8 Å². The van der Waals surface area contributed by atoms with Crippen molar-refractivity contribution in [2.45, 2.75) is 19.1 Å². The van der Waals surface area contributed by atoms with Crippen molar-refractivity contribution in [3.05, 3.63) is 32.6 Å². The van der Waals surface area contributed by atoms with Crippen LogP contribution in [0.15, 0.2) is 15.7 Å². The lowest BCUT2D eigenvalue weighted by Gasteiger charge is -2.11. The minimum absolute atomic E-state index is 0.0396. The van der Waals surface area contributed by atoms with Crippen LogP contribution in [0.3, 0.4) is 0 Å². The van der Waals surface area contributed by atoms with Crippen molar-refractivity contribution >= 4 is 0 Å². The Morgan fingerprint density at radius 1 is 1.22 bits per heavy atom. The smallest absolute Gasteiger partial charge is 0.311 e. The molecule has 102 valence electrons. The summed E-state index contributed by atoms with van der Waals surface area (Å²) in [6.07, 6.45) is -5.17. The Bertz CT molecular complexity index is 531. The molecule has 1 rings (SSSR count). The lowest BCUT2D eigenvalue weighted by molar-refractivity contribution is -0.133. The van der Waals surface area contributed by atoms with Crippen molar-refractivity contribution in [1.29, 1.82) is 0 Å². The summed E-state index contributed by atoms with van der Waals surface area (Å²) in [7, 11) is 2.80. The highest BCUT2D eigenvalue weighted by molar-refractivity contribution is 5.01. The van der Waals surface area contributed by atoms with Gasteiger partial charge in [-0.2, -0.15) is 13.2 Å². The van der Waals surface area contributed by atoms with Crippen molar-refractivity contribution in [3.63, 3.8) is 0 Å². The molecular formula is C10H14F3N3O2. The zero-order valence-electron chi connectivity index (χ0n) is 10.0. The largest absolute Gasteiger partial charge is 0.390 e. The van der Waals surface area contributed by atoms with E-state index >= 15 is 0 Å². The number of hydrogen-bond acceptors (Lipinski definition) is 3. The van der Waals surface area contributed by atoms with Crippen LogP contribution in [0.2, 0.25) is 0 Å². The minimum atomic E-state index is -4.22. The zero-order chi connectivity index (χ0) is 13.9. The number of hydrogen-bond donors (Lipinski definition) is 1. The van der Waals surface area contributed by atoms with E-state index in [0.29, 0.717) is 5.69 Å². The predicted octanol–water partition coefficient (Wildman–Crippen LogP) is 0.126. The molecule has 0 aliphatic heterocycles. The van der Waals surface area contributed by atoms with Gasteiger partial charge in [0.1, 0.15) is 0 Å². The van der Waals surface area contributed by atoms with Gasteiger partial charge in [-0.15, -0.1) is 0 Å². The Kier molecular flexibility index (Phi) is 4.33. The third-order valence-electron chi connectivity index (χ3n) is 2.52. The standard InChI is InChI=1S/C10H14F3N3O2/c1-15-7(5-8(17)16(2)9(15)18)6-14-4-3-10(11,12)13/h5,14H,3-4,6H2,1-2H3. The second kappa shape index (κ2) is 5.38. The van der Waals surface area contributed by atoms with E-state index in [-0.39, 0.29) is 13.1 Å². The summed E-state index contributed by atoms with van der Waals surface area (Å²) in [5.74, 6) is 0. The molecule has 0 atom stereocenters. The summed E-state index contributed by atoms with van der Waals surface area (Å²) in [4.78, 5) is 22.9. The highest BCUT2D eigenvalue weighted by Crippen LogP contribution is 2.18. The Morgan fingerprint density at radius 2 is 1.83 bits per heavy atom. The molecule has 0 amide bonds. The Morgan fingerprint density at radius 3 is 2.39 bits per heavy atom. The molecule has 0 aliphatic rings. The second-order valence-corrected chi connectivity index (χ2v) is 3.92. The monoisotopic (exact) mass is 265 g/mol. The quantitative estimate of drug-likeness (QED) is 0.787. The van der Waals surface area contributed by atoms with Gasteiger partial charge >= 0.3 is 11.9 Å². The van der Waals surface area contributed by atoms with Gasteiger partial charge in [-0.05, 0) is 0 Å². The normalized spacial score (nSPS) is 11.8. The Labute approximate surface area is 101 Å². The summed E-state index contributed by atoms with van der Waals surface area (Å²) in [6, 6.07) is 1.22. The SMILES string of the molecule is Cn1c(CNCCC(F)(F)F)cc(=O)n(C)c1=O. The fourth-order valence-electron chi connectivity index (χ4n) is 1.39. The molecule has 0 aliphatic carbocycles. The number of nitrogens with one attached hydrogen (secondary N) is 1. The van der Waals surface area contributed by atoms with E-state index in [1.54, 1.807) is 0 Å². The first-order valence-electron chi connectivity index (χ1n) is 5.26. The molecular weight excluding hydrogens is 251 g/mol. The predicted molar refractivity (Wildman–Crippen MR) is 59.3 cm³/mol. The third kappa shape index (κ3) is 3.73. The summed E-state index contributed by atoms with van der Waals surface area (Å²) >= 11 is 0. The second-order valence-electron chi connectivity index (χ2n) is 3.92. The topological polar surface area (TPSA) is 56.0 Å².